The van der Waals surface area contributed by atoms with E-state index in [0.717, 1.165) is 29.3 Å². The van der Waals surface area contributed by atoms with Gasteiger partial charge in [-0.05, 0) is 36.2 Å². The topological polar surface area (TPSA) is 79.9 Å². The number of nitrogens with zero attached hydrogens (tertiary/aromatic N) is 1. The van der Waals surface area contributed by atoms with E-state index in [-0.39, 0.29) is 0 Å². The van der Waals surface area contributed by atoms with Gasteiger partial charge in [0.25, 0.3) is 0 Å². The van der Waals surface area contributed by atoms with Crippen LogP contribution in [-0.2, 0) is 6.42 Å². The maximum atomic E-state index is 10.7. The highest BCUT2D eigenvalue weighted by Crippen LogP contribution is 2.23. The van der Waals surface area contributed by atoms with Gasteiger partial charge in [-0.1, -0.05) is 30.3 Å². The molecule has 0 saturated heterocycles. The normalized spacial score (nSPS) is 20.0. The number of nitrogens with two attached hydrogens (primary N) is 1. The number of amidine groups is 1. The highest BCUT2D eigenvalue weighted by Gasteiger charge is 2.30. The quantitative estimate of drug-likeness (QED) is 0.558. The second-order valence-corrected chi connectivity index (χ2v) is 6.49. The molecule has 0 fully saturated rings. The van der Waals surface area contributed by atoms with Crippen molar-refractivity contribution in [3.63, 3.8) is 0 Å². The zero-order valence-corrected chi connectivity index (χ0v) is 14.3. The van der Waals surface area contributed by atoms with Crippen LogP contribution >= 0.6 is 0 Å². The maximum Gasteiger partial charge on any atom is 0.119 e. The Bertz CT molecular complexity index is 701. The first-order valence-electron chi connectivity index (χ1n) is 8.65. The molecule has 1 unspecified atom stereocenters. The van der Waals surface area contributed by atoms with E-state index in [1.54, 1.807) is 0 Å². The Morgan fingerprint density at radius 3 is 2.56 bits per heavy atom. The lowest BCUT2D eigenvalue weighted by Crippen LogP contribution is -2.42. The number of hydrogen-bond acceptors (Lipinski definition) is 5. The molecule has 0 radical (unpaired) electrons. The standard InChI is InChI=1S/C20H25N3O2/c21-17-6-8-18(9-7-17)25-13-12-22-19-10-11-20(24,15-23-19)14-16-4-2-1-3-5-16/h1-9,24H,10-15,21H2,(H,22,23). The van der Waals surface area contributed by atoms with Crippen LogP contribution in [0.4, 0.5) is 5.69 Å². The van der Waals surface area contributed by atoms with E-state index in [1.807, 2.05) is 54.6 Å². The summed E-state index contributed by atoms with van der Waals surface area (Å²) in [5.41, 5.74) is 6.78. The molecule has 2 aromatic carbocycles. The molecule has 2 aromatic rings. The van der Waals surface area contributed by atoms with Crippen molar-refractivity contribution >= 4 is 11.5 Å². The van der Waals surface area contributed by atoms with Gasteiger partial charge in [0.2, 0.25) is 0 Å². The van der Waals surface area contributed by atoms with Crippen molar-refractivity contribution in [3.8, 4) is 5.75 Å². The average molecular weight is 339 g/mol. The summed E-state index contributed by atoms with van der Waals surface area (Å²) in [6.45, 7) is 1.67. The predicted molar refractivity (Wildman–Crippen MR) is 101 cm³/mol. The number of nitrogen functional groups attached to an aromatic ring is 1. The van der Waals surface area contributed by atoms with Crippen molar-refractivity contribution in [2.45, 2.75) is 24.9 Å². The summed E-state index contributed by atoms with van der Waals surface area (Å²) in [7, 11) is 0. The minimum absolute atomic E-state index is 0.434. The molecule has 0 saturated carbocycles. The minimum Gasteiger partial charge on any atom is -0.492 e. The summed E-state index contributed by atoms with van der Waals surface area (Å²) < 4.78 is 5.65. The summed E-state index contributed by atoms with van der Waals surface area (Å²) in [6, 6.07) is 17.4. The Morgan fingerprint density at radius 1 is 1.12 bits per heavy atom. The van der Waals surface area contributed by atoms with E-state index < -0.39 is 5.60 Å². The third-order valence-electron chi connectivity index (χ3n) is 4.35. The molecule has 0 spiro atoms. The first-order valence-corrected chi connectivity index (χ1v) is 8.65. The Hall–Kier alpha value is -2.53. The van der Waals surface area contributed by atoms with Crippen LogP contribution in [0.15, 0.2) is 59.6 Å². The summed E-state index contributed by atoms with van der Waals surface area (Å²) in [4.78, 5) is 4.52. The van der Waals surface area contributed by atoms with Crippen LogP contribution in [0.5, 0.6) is 5.75 Å². The zero-order chi connectivity index (χ0) is 17.5. The highest BCUT2D eigenvalue weighted by atomic mass is 16.5. The molecular weight excluding hydrogens is 314 g/mol. The van der Waals surface area contributed by atoms with Crippen LogP contribution in [0.1, 0.15) is 18.4 Å². The summed E-state index contributed by atoms with van der Waals surface area (Å²) >= 11 is 0. The number of nitrogens with one attached hydrogen (secondary N) is 1. The number of benzene rings is 2. The van der Waals surface area contributed by atoms with Crippen LogP contribution in [-0.4, -0.2) is 36.2 Å². The first-order chi connectivity index (χ1) is 12.1. The molecule has 0 aromatic heterocycles. The van der Waals surface area contributed by atoms with Crippen LogP contribution in [0.25, 0.3) is 0 Å². The molecule has 5 heteroatoms. The number of aliphatic hydroxyl groups is 1. The fourth-order valence-electron chi connectivity index (χ4n) is 2.94. The average Bonchev–Trinajstić information content (AvgIpc) is 2.62. The maximum absolute atomic E-state index is 10.7. The Balaban J connectivity index is 1.41. The predicted octanol–water partition coefficient (Wildman–Crippen LogP) is 2.40. The Morgan fingerprint density at radius 2 is 1.88 bits per heavy atom. The van der Waals surface area contributed by atoms with Gasteiger partial charge in [0.15, 0.2) is 0 Å². The minimum atomic E-state index is -0.743. The number of hydrogen-bond donors (Lipinski definition) is 3. The third-order valence-corrected chi connectivity index (χ3v) is 4.35. The van der Waals surface area contributed by atoms with Crippen LogP contribution in [0, 0.1) is 0 Å². The number of rotatable bonds is 6. The second-order valence-electron chi connectivity index (χ2n) is 6.49. The molecule has 0 aliphatic carbocycles. The molecule has 4 N–H and O–H groups in total. The van der Waals surface area contributed by atoms with E-state index in [0.29, 0.717) is 32.5 Å². The molecule has 25 heavy (non-hydrogen) atoms. The van der Waals surface area contributed by atoms with Gasteiger partial charge in [-0.2, -0.15) is 0 Å². The second kappa shape index (κ2) is 8.03. The number of anilines is 1. The molecule has 5 nitrogen and oxygen atoms in total. The molecule has 0 bridgehead atoms. The molecular formula is C20H25N3O2. The first kappa shape index (κ1) is 17.3. The third kappa shape index (κ3) is 5.22. The zero-order valence-electron chi connectivity index (χ0n) is 14.3. The SMILES string of the molecule is Nc1ccc(OCCNC2=NCC(O)(Cc3ccccc3)CC2)cc1. The van der Waals surface area contributed by atoms with Crippen molar-refractivity contribution in [2.24, 2.45) is 4.99 Å². The molecule has 1 atom stereocenters. The lowest BCUT2D eigenvalue weighted by molar-refractivity contribution is 0.0388. The largest absolute Gasteiger partial charge is 0.492 e. The molecule has 3 rings (SSSR count). The summed E-state index contributed by atoms with van der Waals surface area (Å²) in [6.07, 6.45) is 2.11. The van der Waals surface area contributed by atoms with Crippen LogP contribution in [0.3, 0.4) is 0 Å². The van der Waals surface area contributed by atoms with Gasteiger partial charge >= 0.3 is 0 Å². The smallest absolute Gasteiger partial charge is 0.119 e. The van der Waals surface area contributed by atoms with Gasteiger partial charge in [0.1, 0.15) is 12.4 Å². The highest BCUT2D eigenvalue weighted by molar-refractivity contribution is 5.82. The lowest BCUT2D eigenvalue weighted by Gasteiger charge is -2.31. The van der Waals surface area contributed by atoms with E-state index >= 15 is 0 Å². The van der Waals surface area contributed by atoms with Crippen molar-refractivity contribution in [1.29, 1.82) is 0 Å². The Labute approximate surface area is 148 Å². The van der Waals surface area contributed by atoms with E-state index in [1.165, 1.54) is 0 Å². The van der Waals surface area contributed by atoms with Gasteiger partial charge in [-0.3, -0.25) is 4.99 Å². The van der Waals surface area contributed by atoms with E-state index in [2.05, 4.69) is 10.3 Å². The van der Waals surface area contributed by atoms with Gasteiger partial charge in [-0.25, -0.2) is 0 Å². The van der Waals surface area contributed by atoms with Crippen molar-refractivity contribution in [1.82, 2.24) is 5.32 Å². The van der Waals surface area contributed by atoms with Crippen molar-refractivity contribution < 1.29 is 9.84 Å². The molecule has 0 amide bonds. The molecule has 1 heterocycles. The van der Waals surface area contributed by atoms with Gasteiger partial charge in [-0.15, -0.1) is 0 Å². The molecule has 132 valence electrons. The summed E-state index contributed by atoms with van der Waals surface area (Å²) in [5.74, 6) is 1.75. The fourth-order valence-corrected chi connectivity index (χ4v) is 2.94. The Kier molecular flexibility index (Phi) is 5.56. The fraction of sp³-hybridized carbons (Fsp3) is 0.350. The lowest BCUT2D eigenvalue weighted by atomic mass is 9.88. The van der Waals surface area contributed by atoms with E-state index in [4.69, 9.17) is 10.5 Å². The van der Waals surface area contributed by atoms with Crippen LogP contribution < -0.4 is 15.8 Å². The van der Waals surface area contributed by atoms with Crippen molar-refractivity contribution in [3.05, 3.63) is 60.2 Å². The monoisotopic (exact) mass is 339 g/mol. The van der Waals surface area contributed by atoms with Gasteiger partial charge in [0, 0.05) is 18.5 Å². The van der Waals surface area contributed by atoms with Crippen molar-refractivity contribution in [2.75, 3.05) is 25.4 Å². The van der Waals surface area contributed by atoms with Gasteiger partial charge < -0.3 is 20.9 Å². The summed E-state index contributed by atoms with van der Waals surface area (Å²) in [5, 5.41) is 14.0. The van der Waals surface area contributed by atoms with Crippen LogP contribution in [0.2, 0.25) is 0 Å². The number of aliphatic imine (C=N–C) groups is 1. The number of ether oxygens (including phenoxy) is 1. The van der Waals surface area contributed by atoms with Gasteiger partial charge in [0.05, 0.1) is 24.5 Å². The molecule has 1 aliphatic rings. The molecule has 1 aliphatic heterocycles. The van der Waals surface area contributed by atoms with E-state index in [9.17, 15) is 5.11 Å².